The van der Waals surface area contributed by atoms with Crippen LogP contribution in [0.3, 0.4) is 0 Å². The Balaban J connectivity index is 2.50. The van der Waals surface area contributed by atoms with Crippen molar-refractivity contribution in [2.75, 3.05) is 19.0 Å². The summed E-state index contributed by atoms with van der Waals surface area (Å²) in [6, 6.07) is 8.29. The van der Waals surface area contributed by atoms with E-state index in [0.717, 1.165) is 18.5 Å². The van der Waals surface area contributed by atoms with Gasteiger partial charge in [0.05, 0.1) is 13.0 Å². The second kappa shape index (κ2) is 6.94. The van der Waals surface area contributed by atoms with E-state index in [-0.39, 0.29) is 11.9 Å². The van der Waals surface area contributed by atoms with Gasteiger partial charge in [-0.3, -0.25) is 4.79 Å². The molecule has 1 aromatic rings. The van der Waals surface area contributed by atoms with Gasteiger partial charge in [0.25, 0.3) is 0 Å². The summed E-state index contributed by atoms with van der Waals surface area (Å²) in [5, 5.41) is 3.26. The molecule has 0 aliphatic rings. The number of ether oxygens (including phenoxy) is 1. The van der Waals surface area contributed by atoms with Crippen LogP contribution in [-0.2, 0) is 16.0 Å². The van der Waals surface area contributed by atoms with E-state index < -0.39 is 0 Å². The molecule has 0 radical (unpaired) electrons. The van der Waals surface area contributed by atoms with Crippen LogP contribution in [-0.4, -0.2) is 19.6 Å². The lowest BCUT2D eigenvalue weighted by molar-refractivity contribution is -0.145. The normalized spacial score (nSPS) is 11.9. The van der Waals surface area contributed by atoms with Gasteiger partial charge >= 0.3 is 5.97 Å². The summed E-state index contributed by atoms with van der Waals surface area (Å²) in [6.07, 6.45) is 1.83. The highest BCUT2D eigenvalue weighted by atomic mass is 16.5. The van der Waals surface area contributed by atoms with Gasteiger partial charge in [0.15, 0.2) is 0 Å². The third-order valence-electron chi connectivity index (χ3n) is 2.94. The molecule has 1 N–H and O–H groups in total. The first-order valence-corrected chi connectivity index (χ1v) is 6.11. The molecule has 1 rings (SSSR count). The fourth-order valence-corrected chi connectivity index (χ4v) is 1.66. The van der Waals surface area contributed by atoms with Gasteiger partial charge in [-0.2, -0.15) is 0 Å². The van der Waals surface area contributed by atoms with Crippen LogP contribution in [0, 0.1) is 5.92 Å². The molecular weight excluding hydrogens is 214 g/mol. The van der Waals surface area contributed by atoms with Crippen LogP contribution < -0.4 is 5.32 Å². The van der Waals surface area contributed by atoms with Crippen LogP contribution in [0.5, 0.6) is 0 Å². The molecule has 1 aromatic carbocycles. The van der Waals surface area contributed by atoms with E-state index >= 15 is 0 Å². The molecule has 0 saturated carbocycles. The van der Waals surface area contributed by atoms with Crippen molar-refractivity contribution in [3.63, 3.8) is 0 Å². The number of anilines is 1. The third kappa shape index (κ3) is 4.10. The number of aryl methyl sites for hydroxylation is 1. The zero-order chi connectivity index (χ0) is 12.7. The smallest absolute Gasteiger partial charge is 0.310 e. The van der Waals surface area contributed by atoms with Crippen molar-refractivity contribution in [3.8, 4) is 0 Å². The summed E-state index contributed by atoms with van der Waals surface area (Å²) in [6.45, 7) is 4.74. The Morgan fingerprint density at radius 3 is 2.41 bits per heavy atom. The molecule has 17 heavy (non-hydrogen) atoms. The standard InChI is InChI=1S/C14H21NO2/c1-4-11-6-8-13(9-7-11)15-10-12(5-2)14(16)17-3/h6-9,12,15H,4-5,10H2,1-3H3. The molecule has 1 unspecified atom stereocenters. The SMILES string of the molecule is CCc1ccc(NCC(CC)C(=O)OC)cc1. The highest BCUT2D eigenvalue weighted by molar-refractivity contribution is 5.73. The fraction of sp³-hybridized carbons (Fsp3) is 0.500. The maximum absolute atomic E-state index is 11.4. The highest BCUT2D eigenvalue weighted by Crippen LogP contribution is 2.12. The minimum Gasteiger partial charge on any atom is -0.469 e. The van der Waals surface area contributed by atoms with Gasteiger partial charge in [0.1, 0.15) is 0 Å². The summed E-state index contributed by atoms with van der Waals surface area (Å²) in [5.74, 6) is -0.226. The summed E-state index contributed by atoms with van der Waals surface area (Å²) >= 11 is 0. The van der Waals surface area contributed by atoms with Gasteiger partial charge in [-0.1, -0.05) is 26.0 Å². The maximum atomic E-state index is 11.4. The van der Waals surface area contributed by atoms with E-state index in [4.69, 9.17) is 4.74 Å². The summed E-state index contributed by atoms with van der Waals surface area (Å²) in [4.78, 5) is 11.4. The lowest BCUT2D eigenvalue weighted by atomic mass is 10.1. The predicted molar refractivity (Wildman–Crippen MR) is 70.1 cm³/mol. The predicted octanol–water partition coefficient (Wildman–Crippen LogP) is 2.86. The van der Waals surface area contributed by atoms with Crippen molar-refractivity contribution in [1.29, 1.82) is 0 Å². The lowest BCUT2D eigenvalue weighted by Gasteiger charge is -2.14. The summed E-state index contributed by atoms with van der Waals surface area (Å²) < 4.78 is 4.75. The number of esters is 1. The number of hydrogen-bond donors (Lipinski definition) is 1. The molecule has 3 nitrogen and oxygen atoms in total. The first kappa shape index (κ1) is 13.6. The minimum absolute atomic E-state index is 0.0779. The van der Waals surface area contributed by atoms with E-state index in [9.17, 15) is 4.79 Å². The monoisotopic (exact) mass is 235 g/mol. The van der Waals surface area contributed by atoms with Crippen LogP contribution in [0.2, 0.25) is 0 Å². The van der Waals surface area contributed by atoms with Gasteiger partial charge in [-0.05, 0) is 30.5 Å². The number of benzene rings is 1. The fourth-order valence-electron chi connectivity index (χ4n) is 1.66. The van der Waals surface area contributed by atoms with Crippen molar-refractivity contribution >= 4 is 11.7 Å². The zero-order valence-corrected chi connectivity index (χ0v) is 10.8. The average molecular weight is 235 g/mol. The molecule has 94 valence electrons. The largest absolute Gasteiger partial charge is 0.469 e. The van der Waals surface area contributed by atoms with Gasteiger partial charge in [-0.25, -0.2) is 0 Å². The molecule has 0 bridgehead atoms. The molecule has 3 heteroatoms. The molecule has 0 spiro atoms. The second-order valence-corrected chi connectivity index (χ2v) is 4.06. The van der Waals surface area contributed by atoms with Crippen molar-refractivity contribution in [1.82, 2.24) is 0 Å². The first-order chi connectivity index (χ1) is 8.21. The van der Waals surface area contributed by atoms with Crippen LogP contribution >= 0.6 is 0 Å². The summed E-state index contributed by atoms with van der Waals surface area (Å²) in [7, 11) is 1.43. The van der Waals surface area contributed by atoms with E-state index in [0.29, 0.717) is 6.54 Å². The molecule has 1 atom stereocenters. The summed E-state index contributed by atoms with van der Waals surface area (Å²) in [5.41, 5.74) is 2.36. The quantitative estimate of drug-likeness (QED) is 0.770. The molecule has 0 aromatic heterocycles. The number of carbonyl (C=O) groups excluding carboxylic acids is 1. The Labute approximate surface area is 103 Å². The number of nitrogens with one attached hydrogen (secondary N) is 1. The Kier molecular flexibility index (Phi) is 5.53. The molecule has 0 heterocycles. The van der Waals surface area contributed by atoms with E-state index in [1.54, 1.807) is 0 Å². The Morgan fingerprint density at radius 1 is 1.29 bits per heavy atom. The van der Waals surface area contributed by atoms with Crippen LogP contribution in [0.15, 0.2) is 24.3 Å². The van der Waals surface area contributed by atoms with E-state index in [1.807, 2.05) is 19.1 Å². The Morgan fingerprint density at radius 2 is 1.94 bits per heavy atom. The van der Waals surface area contributed by atoms with Gasteiger partial charge < -0.3 is 10.1 Å². The van der Waals surface area contributed by atoms with Crippen molar-refractivity contribution in [2.24, 2.45) is 5.92 Å². The highest BCUT2D eigenvalue weighted by Gasteiger charge is 2.16. The van der Waals surface area contributed by atoms with Crippen molar-refractivity contribution in [2.45, 2.75) is 26.7 Å². The average Bonchev–Trinajstić information content (AvgIpc) is 2.39. The van der Waals surface area contributed by atoms with Gasteiger partial charge in [-0.15, -0.1) is 0 Å². The van der Waals surface area contributed by atoms with Gasteiger partial charge in [0, 0.05) is 12.2 Å². The second-order valence-electron chi connectivity index (χ2n) is 4.06. The van der Waals surface area contributed by atoms with Gasteiger partial charge in [0.2, 0.25) is 0 Å². The minimum atomic E-state index is -0.148. The molecular formula is C14H21NO2. The lowest BCUT2D eigenvalue weighted by Crippen LogP contribution is -2.23. The first-order valence-electron chi connectivity index (χ1n) is 6.11. The number of hydrogen-bond acceptors (Lipinski definition) is 3. The molecule has 0 amide bonds. The molecule has 0 fully saturated rings. The van der Waals surface area contributed by atoms with Crippen LogP contribution in [0.1, 0.15) is 25.8 Å². The topological polar surface area (TPSA) is 38.3 Å². The molecule has 0 saturated heterocycles. The Hall–Kier alpha value is -1.51. The third-order valence-corrected chi connectivity index (χ3v) is 2.94. The van der Waals surface area contributed by atoms with Crippen LogP contribution in [0.4, 0.5) is 5.69 Å². The molecule has 0 aliphatic heterocycles. The number of methoxy groups -OCH3 is 1. The van der Waals surface area contributed by atoms with Crippen molar-refractivity contribution < 1.29 is 9.53 Å². The maximum Gasteiger partial charge on any atom is 0.310 e. The van der Waals surface area contributed by atoms with E-state index in [1.165, 1.54) is 12.7 Å². The van der Waals surface area contributed by atoms with Crippen molar-refractivity contribution in [3.05, 3.63) is 29.8 Å². The number of rotatable bonds is 6. The van der Waals surface area contributed by atoms with Crippen LogP contribution in [0.25, 0.3) is 0 Å². The van der Waals surface area contributed by atoms with E-state index in [2.05, 4.69) is 24.4 Å². The number of carbonyl (C=O) groups is 1. The Bertz CT molecular complexity index is 346. The molecule has 0 aliphatic carbocycles. The zero-order valence-electron chi connectivity index (χ0n) is 10.8.